The molecule has 0 aromatic heterocycles. The molecule has 17 heavy (non-hydrogen) atoms. The molecule has 3 heteroatoms. The Kier molecular flexibility index (Phi) is 4.30. The van der Waals surface area contributed by atoms with Crippen molar-refractivity contribution in [2.75, 3.05) is 12.3 Å². The van der Waals surface area contributed by atoms with Crippen LogP contribution >= 0.6 is 11.6 Å². The van der Waals surface area contributed by atoms with Crippen molar-refractivity contribution in [2.45, 2.75) is 45.2 Å². The predicted octanol–water partition coefficient (Wildman–Crippen LogP) is 3.69. The lowest BCUT2D eigenvalue weighted by Crippen LogP contribution is -2.38. The highest BCUT2D eigenvalue weighted by molar-refractivity contribution is 6.31. The zero-order valence-electron chi connectivity index (χ0n) is 10.5. The Bertz CT molecular complexity index is 378. The lowest BCUT2D eigenvalue weighted by molar-refractivity contribution is 0.136. The van der Waals surface area contributed by atoms with Gasteiger partial charge in [0.1, 0.15) is 0 Å². The molecule has 1 aromatic carbocycles. The maximum atomic E-state index is 6.22. The van der Waals surface area contributed by atoms with Gasteiger partial charge in [-0.1, -0.05) is 24.9 Å². The summed E-state index contributed by atoms with van der Waals surface area (Å²) < 4.78 is 0. The fourth-order valence-electron chi connectivity index (χ4n) is 2.67. The van der Waals surface area contributed by atoms with Crippen LogP contribution in [0.3, 0.4) is 0 Å². The van der Waals surface area contributed by atoms with Crippen molar-refractivity contribution in [1.82, 2.24) is 4.90 Å². The first-order chi connectivity index (χ1) is 8.20. The largest absolute Gasteiger partial charge is 0.399 e. The van der Waals surface area contributed by atoms with Gasteiger partial charge in [-0.2, -0.15) is 0 Å². The number of benzene rings is 1. The second-order valence-corrected chi connectivity index (χ2v) is 5.29. The highest BCUT2D eigenvalue weighted by Gasteiger charge is 2.21. The van der Waals surface area contributed by atoms with E-state index in [1.165, 1.54) is 32.2 Å². The quantitative estimate of drug-likeness (QED) is 0.832. The van der Waals surface area contributed by atoms with E-state index in [-0.39, 0.29) is 0 Å². The normalized spacial score (nSPS) is 21.6. The molecule has 1 saturated heterocycles. The van der Waals surface area contributed by atoms with Gasteiger partial charge in [0.15, 0.2) is 0 Å². The molecule has 0 bridgehead atoms. The first-order valence-corrected chi connectivity index (χ1v) is 6.86. The molecule has 0 aliphatic carbocycles. The Morgan fingerprint density at radius 3 is 3.00 bits per heavy atom. The minimum Gasteiger partial charge on any atom is -0.399 e. The van der Waals surface area contributed by atoms with Crippen LogP contribution in [0.5, 0.6) is 0 Å². The smallest absolute Gasteiger partial charge is 0.0452 e. The van der Waals surface area contributed by atoms with E-state index >= 15 is 0 Å². The molecule has 1 fully saturated rings. The zero-order valence-corrected chi connectivity index (χ0v) is 11.2. The molecule has 1 unspecified atom stereocenters. The Hall–Kier alpha value is -0.730. The summed E-state index contributed by atoms with van der Waals surface area (Å²) in [4.78, 5) is 2.55. The molecular formula is C14H21ClN2. The maximum absolute atomic E-state index is 6.22. The maximum Gasteiger partial charge on any atom is 0.0452 e. The number of piperidine rings is 1. The van der Waals surface area contributed by atoms with Crippen LogP contribution in [0.2, 0.25) is 5.02 Å². The van der Waals surface area contributed by atoms with E-state index in [1.807, 2.05) is 18.2 Å². The number of nitrogen functional groups attached to an aromatic ring is 1. The highest BCUT2D eigenvalue weighted by Crippen LogP contribution is 2.25. The topological polar surface area (TPSA) is 29.3 Å². The van der Waals surface area contributed by atoms with Crippen LogP contribution in [-0.2, 0) is 6.54 Å². The van der Waals surface area contributed by atoms with E-state index in [2.05, 4.69) is 11.8 Å². The molecular weight excluding hydrogens is 232 g/mol. The Morgan fingerprint density at radius 2 is 2.24 bits per heavy atom. The number of nitrogens with two attached hydrogens (primary N) is 1. The third kappa shape index (κ3) is 3.14. The number of hydrogen-bond acceptors (Lipinski definition) is 2. The number of halogens is 1. The number of nitrogens with zero attached hydrogens (tertiary/aromatic N) is 1. The molecule has 1 atom stereocenters. The third-order valence-corrected chi connectivity index (χ3v) is 4.03. The van der Waals surface area contributed by atoms with Crippen LogP contribution in [0.15, 0.2) is 18.2 Å². The van der Waals surface area contributed by atoms with E-state index in [0.717, 1.165) is 22.8 Å². The molecule has 2 N–H and O–H groups in total. The van der Waals surface area contributed by atoms with Crippen molar-refractivity contribution in [1.29, 1.82) is 0 Å². The lowest BCUT2D eigenvalue weighted by atomic mass is 9.99. The second-order valence-electron chi connectivity index (χ2n) is 4.88. The van der Waals surface area contributed by atoms with Crippen LogP contribution in [0, 0.1) is 0 Å². The van der Waals surface area contributed by atoms with Gasteiger partial charge in [0, 0.05) is 23.3 Å². The standard InChI is InChI=1S/C14H21ClN2/c1-2-13-5-3-4-8-17(13)10-11-9-12(16)6-7-14(11)15/h6-7,9,13H,2-5,8,10,16H2,1H3. The Morgan fingerprint density at radius 1 is 1.41 bits per heavy atom. The minimum atomic E-state index is 0.709. The molecule has 94 valence electrons. The summed E-state index contributed by atoms with van der Waals surface area (Å²) in [6.07, 6.45) is 5.20. The first kappa shape index (κ1) is 12.7. The Balaban J connectivity index is 2.10. The van der Waals surface area contributed by atoms with Crippen LogP contribution in [-0.4, -0.2) is 17.5 Å². The third-order valence-electron chi connectivity index (χ3n) is 3.66. The van der Waals surface area contributed by atoms with Gasteiger partial charge in [-0.05, 0) is 49.6 Å². The molecule has 2 nitrogen and oxygen atoms in total. The van der Waals surface area contributed by atoms with E-state index in [4.69, 9.17) is 17.3 Å². The fourth-order valence-corrected chi connectivity index (χ4v) is 2.84. The van der Waals surface area contributed by atoms with Gasteiger partial charge >= 0.3 is 0 Å². The number of rotatable bonds is 3. The van der Waals surface area contributed by atoms with Crippen molar-refractivity contribution >= 4 is 17.3 Å². The van der Waals surface area contributed by atoms with Crippen LogP contribution in [0.25, 0.3) is 0 Å². The van der Waals surface area contributed by atoms with Gasteiger partial charge in [-0.15, -0.1) is 0 Å². The van der Waals surface area contributed by atoms with Crippen molar-refractivity contribution in [3.63, 3.8) is 0 Å². The summed E-state index contributed by atoms with van der Waals surface area (Å²) in [5.74, 6) is 0. The minimum absolute atomic E-state index is 0.709. The van der Waals surface area contributed by atoms with E-state index in [9.17, 15) is 0 Å². The summed E-state index contributed by atoms with van der Waals surface area (Å²) in [5.41, 5.74) is 7.78. The van der Waals surface area contributed by atoms with Crippen LogP contribution < -0.4 is 5.73 Å². The molecule has 0 amide bonds. The zero-order chi connectivity index (χ0) is 12.3. The van der Waals surface area contributed by atoms with Crippen molar-refractivity contribution < 1.29 is 0 Å². The summed E-state index contributed by atoms with van der Waals surface area (Å²) in [6, 6.07) is 6.47. The molecule has 2 rings (SSSR count). The molecule has 1 aromatic rings. The second kappa shape index (κ2) is 5.74. The number of hydrogen-bond donors (Lipinski definition) is 1. The summed E-state index contributed by atoms with van der Waals surface area (Å²) in [6.45, 7) is 4.38. The molecule has 1 heterocycles. The van der Waals surface area contributed by atoms with Crippen molar-refractivity contribution in [3.8, 4) is 0 Å². The lowest BCUT2D eigenvalue weighted by Gasteiger charge is -2.35. The highest BCUT2D eigenvalue weighted by atomic mass is 35.5. The molecule has 1 aliphatic heterocycles. The van der Waals surface area contributed by atoms with Crippen LogP contribution in [0.4, 0.5) is 5.69 Å². The monoisotopic (exact) mass is 252 g/mol. The van der Waals surface area contributed by atoms with Gasteiger partial charge in [0.25, 0.3) is 0 Å². The van der Waals surface area contributed by atoms with Gasteiger partial charge in [0.05, 0.1) is 0 Å². The van der Waals surface area contributed by atoms with Gasteiger partial charge < -0.3 is 5.73 Å². The SMILES string of the molecule is CCC1CCCCN1Cc1cc(N)ccc1Cl. The van der Waals surface area contributed by atoms with Gasteiger partial charge in [-0.3, -0.25) is 4.90 Å². The van der Waals surface area contributed by atoms with E-state index in [1.54, 1.807) is 0 Å². The average Bonchev–Trinajstić information content (AvgIpc) is 2.34. The van der Waals surface area contributed by atoms with Gasteiger partial charge in [-0.25, -0.2) is 0 Å². The molecule has 1 aliphatic rings. The predicted molar refractivity (Wildman–Crippen MR) is 74.2 cm³/mol. The number of anilines is 1. The van der Waals surface area contributed by atoms with Crippen LogP contribution in [0.1, 0.15) is 38.2 Å². The first-order valence-electron chi connectivity index (χ1n) is 6.48. The molecule has 0 saturated carbocycles. The summed E-state index contributed by atoms with van der Waals surface area (Å²) in [5, 5.41) is 0.833. The Labute approximate surface area is 109 Å². The van der Waals surface area contributed by atoms with Gasteiger partial charge in [0.2, 0.25) is 0 Å². The molecule has 0 radical (unpaired) electrons. The number of likely N-dealkylation sites (tertiary alicyclic amines) is 1. The fraction of sp³-hybridized carbons (Fsp3) is 0.571. The van der Waals surface area contributed by atoms with E-state index < -0.39 is 0 Å². The summed E-state index contributed by atoms with van der Waals surface area (Å²) >= 11 is 6.22. The van der Waals surface area contributed by atoms with Crippen molar-refractivity contribution in [3.05, 3.63) is 28.8 Å². The summed E-state index contributed by atoms with van der Waals surface area (Å²) in [7, 11) is 0. The van der Waals surface area contributed by atoms with E-state index in [0.29, 0.717) is 6.04 Å². The molecule has 0 spiro atoms. The average molecular weight is 253 g/mol. The van der Waals surface area contributed by atoms with Crippen molar-refractivity contribution in [2.24, 2.45) is 0 Å².